The molecule has 1 aliphatic heterocycles. The second-order valence-electron chi connectivity index (χ2n) is 5.82. The summed E-state index contributed by atoms with van der Waals surface area (Å²) < 4.78 is 0. The molecule has 1 aromatic rings. The number of likely N-dealkylation sites (N-methyl/N-ethyl adjacent to an activating group) is 1. The number of β-amino-alcohol motifs (C(OH)–C–C–N with tert-alkyl or cyclic N) is 1. The van der Waals surface area contributed by atoms with E-state index in [0.29, 0.717) is 39.3 Å². The van der Waals surface area contributed by atoms with E-state index in [1.54, 1.807) is 4.90 Å². The highest BCUT2D eigenvalue weighted by atomic mass is 16.3. The van der Waals surface area contributed by atoms with Crippen molar-refractivity contribution < 1.29 is 9.90 Å². The van der Waals surface area contributed by atoms with E-state index >= 15 is 0 Å². The SMILES string of the molecule is CN(C)C[C@H](O)CN1CCN(C(=O)c2cncc(=O)[nH]2)CC1. The number of rotatable bonds is 5. The van der Waals surface area contributed by atoms with Gasteiger partial charge in [-0.1, -0.05) is 0 Å². The number of H-pyrrole nitrogens is 1. The molecular weight excluding hydrogens is 286 g/mol. The molecule has 2 heterocycles. The van der Waals surface area contributed by atoms with E-state index in [2.05, 4.69) is 14.9 Å². The molecule has 2 rings (SSSR count). The van der Waals surface area contributed by atoms with Gasteiger partial charge in [-0.25, -0.2) is 0 Å². The van der Waals surface area contributed by atoms with Crippen molar-refractivity contribution in [2.45, 2.75) is 6.10 Å². The van der Waals surface area contributed by atoms with Gasteiger partial charge in [0.1, 0.15) is 5.69 Å². The molecule has 8 nitrogen and oxygen atoms in total. The number of aromatic amines is 1. The van der Waals surface area contributed by atoms with E-state index in [1.165, 1.54) is 6.20 Å². The highest BCUT2D eigenvalue weighted by Crippen LogP contribution is 2.06. The zero-order chi connectivity index (χ0) is 16.1. The Morgan fingerprint density at radius 2 is 2.05 bits per heavy atom. The summed E-state index contributed by atoms with van der Waals surface area (Å²) in [6.45, 7) is 3.79. The first-order valence-electron chi connectivity index (χ1n) is 7.34. The van der Waals surface area contributed by atoms with Crippen LogP contribution in [0, 0.1) is 0 Å². The van der Waals surface area contributed by atoms with Crippen LogP contribution in [0.5, 0.6) is 0 Å². The van der Waals surface area contributed by atoms with Crippen LogP contribution >= 0.6 is 0 Å². The van der Waals surface area contributed by atoms with Crippen LogP contribution in [0.3, 0.4) is 0 Å². The van der Waals surface area contributed by atoms with Crippen LogP contribution in [0.15, 0.2) is 17.2 Å². The lowest BCUT2D eigenvalue weighted by atomic mass is 10.2. The van der Waals surface area contributed by atoms with Crippen molar-refractivity contribution in [1.82, 2.24) is 24.7 Å². The normalized spacial score (nSPS) is 17.7. The Labute approximate surface area is 129 Å². The minimum absolute atomic E-state index is 0.210. The molecular formula is C14H23N5O3. The zero-order valence-electron chi connectivity index (χ0n) is 13.0. The number of carbonyl (C=O) groups excluding carboxylic acids is 1. The third-order valence-electron chi connectivity index (χ3n) is 3.59. The molecule has 0 radical (unpaired) electrons. The lowest BCUT2D eigenvalue weighted by molar-refractivity contribution is 0.0475. The van der Waals surface area contributed by atoms with Gasteiger partial charge in [0.2, 0.25) is 0 Å². The van der Waals surface area contributed by atoms with Gasteiger partial charge in [-0.05, 0) is 14.1 Å². The van der Waals surface area contributed by atoms with Gasteiger partial charge in [0, 0.05) is 39.3 Å². The van der Waals surface area contributed by atoms with Crippen LogP contribution in [-0.4, -0.2) is 95.1 Å². The maximum atomic E-state index is 12.3. The van der Waals surface area contributed by atoms with Crippen LogP contribution in [0.25, 0.3) is 0 Å². The van der Waals surface area contributed by atoms with Gasteiger partial charge in [-0.3, -0.25) is 19.5 Å². The van der Waals surface area contributed by atoms with Gasteiger partial charge < -0.3 is 19.9 Å². The summed E-state index contributed by atoms with van der Waals surface area (Å²) in [5.74, 6) is -0.210. The Morgan fingerprint density at radius 1 is 1.36 bits per heavy atom. The number of aliphatic hydroxyl groups is 1. The minimum Gasteiger partial charge on any atom is -0.390 e. The maximum Gasteiger partial charge on any atom is 0.272 e. The van der Waals surface area contributed by atoms with Crippen LogP contribution in [0.4, 0.5) is 0 Å². The second-order valence-corrected chi connectivity index (χ2v) is 5.82. The molecule has 1 aromatic heterocycles. The predicted molar refractivity (Wildman–Crippen MR) is 81.8 cm³/mol. The van der Waals surface area contributed by atoms with Crippen molar-refractivity contribution in [3.63, 3.8) is 0 Å². The minimum atomic E-state index is -0.396. The Balaban J connectivity index is 1.84. The number of aliphatic hydroxyl groups excluding tert-OH is 1. The van der Waals surface area contributed by atoms with Gasteiger partial charge >= 0.3 is 0 Å². The van der Waals surface area contributed by atoms with Crippen molar-refractivity contribution in [3.05, 3.63) is 28.4 Å². The number of piperazine rings is 1. The predicted octanol–water partition coefficient (Wildman–Crippen LogP) is -1.55. The molecule has 0 aromatic carbocycles. The van der Waals surface area contributed by atoms with Crippen LogP contribution in [0.2, 0.25) is 0 Å². The molecule has 0 bridgehead atoms. The van der Waals surface area contributed by atoms with Crippen LogP contribution in [0.1, 0.15) is 10.5 Å². The molecule has 1 atom stereocenters. The highest BCUT2D eigenvalue weighted by Gasteiger charge is 2.24. The Kier molecular flexibility index (Phi) is 5.64. The summed E-state index contributed by atoms with van der Waals surface area (Å²) >= 11 is 0. The summed E-state index contributed by atoms with van der Waals surface area (Å²) in [6.07, 6.45) is 2.12. The van der Waals surface area contributed by atoms with E-state index in [1.807, 2.05) is 19.0 Å². The fourth-order valence-electron chi connectivity index (χ4n) is 2.57. The molecule has 1 saturated heterocycles. The van der Waals surface area contributed by atoms with Crippen molar-refractivity contribution in [1.29, 1.82) is 0 Å². The second kappa shape index (κ2) is 7.48. The summed E-state index contributed by atoms with van der Waals surface area (Å²) in [4.78, 5) is 35.5. The van der Waals surface area contributed by atoms with Crippen molar-refractivity contribution in [2.24, 2.45) is 0 Å². The molecule has 1 aliphatic rings. The topological polar surface area (TPSA) is 92.8 Å². The Hall–Kier alpha value is -1.77. The van der Waals surface area contributed by atoms with Gasteiger partial charge in [-0.15, -0.1) is 0 Å². The third-order valence-corrected chi connectivity index (χ3v) is 3.59. The van der Waals surface area contributed by atoms with Crippen molar-refractivity contribution in [3.8, 4) is 0 Å². The molecule has 0 saturated carbocycles. The number of hydrogen-bond acceptors (Lipinski definition) is 6. The fourth-order valence-corrected chi connectivity index (χ4v) is 2.57. The maximum absolute atomic E-state index is 12.3. The average Bonchev–Trinajstić information content (AvgIpc) is 2.46. The first kappa shape index (κ1) is 16.6. The first-order valence-corrected chi connectivity index (χ1v) is 7.34. The third kappa shape index (κ3) is 4.62. The monoisotopic (exact) mass is 309 g/mol. The van der Waals surface area contributed by atoms with Gasteiger partial charge in [0.15, 0.2) is 0 Å². The summed E-state index contributed by atoms with van der Waals surface area (Å²) in [7, 11) is 3.85. The summed E-state index contributed by atoms with van der Waals surface area (Å²) in [6, 6.07) is 0. The lowest BCUT2D eigenvalue weighted by Gasteiger charge is -2.35. The molecule has 0 spiro atoms. The molecule has 0 unspecified atom stereocenters. The van der Waals surface area contributed by atoms with E-state index in [-0.39, 0.29) is 17.2 Å². The highest BCUT2D eigenvalue weighted by molar-refractivity contribution is 5.92. The quantitative estimate of drug-likeness (QED) is 0.684. The van der Waals surface area contributed by atoms with Crippen molar-refractivity contribution in [2.75, 3.05) is 53.4 Å². The number of aromatic nitrogens is 2. The number of nitrogens with one attached hydrogen (secondary N) is 1. The standard InChI is InChI=1S/C14H23N5O3/c1-17(2)9-11(20)10-18-3-5-19(6-4-18)14(22)12-7-15-8-13(21)16-12/h7-8,11,20H,3-6,9-10H2,1-2H3,(H,16,21)/t11-/m0/s1. The Bertz CT molecular complexity index is 551. The van der Waals surface area contributed by atoms with Gasteiger partial charge in [-0.2, -0.15) is 0 Å². The van der Waals surface area contributed by atoms with E-state index in [9.17, 15) is 14.7 Å². The largest absolute Gasteiger partial charge is 0.390 e. The van der Waals surface area contributed by atoms with E-state index in [4.69, 9.17) is 0 Å². The molecule has 8 heteroatoms. The number of carbonyl (C=O) groups is 1. The van der Waals surface area contributed by atoms with Gasteiger partial charge in [0.05, 0.1) is 18.5 Å². The smallest absolute Gasteiger partial charge is 0.272 e. The van der Waals surface area contributed by atoms with Crippen molar-refractivity contribution >= 4 is 5.91 Å². The zero-order valence-corrected chi connectivity index (χ0v) is 13.0. The number of amides is 1. The average molecular weight is 309 g/mol. The molecule has 1 fully saturated rings. The van der Waals surface area contributed by atoms with Crippen LogP contribution in [-0.2, 0) is 0 Å². The molecule has 1 amide bonds. The first-order chi connectivity index (χ1) is 10.5. The van der Waals surface area contributed by atoms with Crippen LogP contribution < -0.4 is 5.56 Å². The fraction of sp³-hybridized carbons (Fsp3) is 0.643. The summed E-state index contributed by atoms with van der Waals surface area (Å²) in [5.41, 5.74) is -0.162. The number of nitrogens with zero attached hydrogens (tertiary/aromatic N) is 4. The summed E-state index contributed by atoms with van der Waals surface area (Å²) in [5, 5.41) is 9.94. The molecule has 0 aliphatic carbocycles. The van der Waals surface area contributed by atoms with Gasteiger partial charge in [0.25, 0.3) is 11.5 Å². The Morgan fingerprint density at radius 3 is 2.64 bits per heavy atom. The molecule has 22 heavy (non-hydrogen) atoms. The lowest BCUT2D eigenvalue weighted by Crippen LogP contribution is -2.51. The van der Waals surface area contributed by atoms with E-state index < -0.39 is 6.10 Å². The van der Waals surface area contributed by atoms with E-state index in [0.717, 1.165) is 6.20 Å². The molecule has 122 valence electrons. The number of hydrogen-bond donors (Lipinski definition) is 2. The molecule has 2 N–H and O–H groups in total.